The van der Waals surface area contributed by atoms with Crippen molar-refractivity contribution in [3.63, 3.8) is 0 Å². The highest BCUT2D eigenvalue weighted by Crippen LogP contribution is 2.26. The van der Waals surface area contributed by atoms with Gasteiger partial charge in [-0.05, 0) is 53.6 Å². The summed E-state index contributed by atoms with van der Waals surface area (Å²) in [5.74, 6) is 0.348. The fourth-order valence-corrected chi connectivity index (χ4v) is 2.35. The lowest BCUT2D eigenvalue weighted by atomic mass is 10.0. The van der Waals surface area contributed by atoms with Crippen LogP contribution < -0.4 is 10.1 Å². The first-order valence-electron chi connectivity index (χ1n) is 7.77. The summed E-state index contributed by atoms with van der Waals surface area (Å²) in [7, 11) is 1.60. The van der Waals surface area contributed by atoms with Gasteiger partial charge in [-0.1, -0.05) is 12.7 Å². The molecule has 0 bridgehead atoms. The normalized spacial score (nSPS) is 11.1. The molecule has 0 aliphatic heterocycles. The molecular formula is C20H20N2O3. The number of carbonyl (C=O) groups is 1. The van der Waals surface area contributed by atoms with Crippen molar-refractivity contribution < 1.29 is 14.3 Å². The highest BCUT2D eigenvalue weighted by molar-refractivity contribution is 5.66. The zero-order valence-corrected chi connectivity index (χ0v) is 14.3. The molecular weight excluding hydrogens is 316 g/mol. The summed E-state index contributed by atoms with van der Waals surface area (Å²) in [6.07, 6.45) is 1.73. The molecule has 128 valence electrons. The fraction of sp³-hybridized carbons (Fsp3) is 0.200. The molecule has 5 nitrogen and oxygen atoms in total. The molecule has 1 unspecified atom stereocenters. The minimum absolute atomic E-state index is 0.166. The van der Waals surface area contributed by atoms with Gasteiger partial charge < -0.3 is 14.8 Å². The Balaban J connectivity index is 2.32. The molecule has 2 aromatic rings. The van der Waals surface area contributed by atoms with Gasteiger partial charge in [0.25, 0.3) is 0 Å². The van der Waals surface area contributed by atoms with Crippen molar-refractivity contribution in [1.82, 2.24) is 0 Å². The Labute approximate surface area is 147 Å². The molecule has 0 heterocycles. The van der Waals surface area contributed by atoms with Crippen LogP contribution in [0.2, 0.25) is 0 Å². The molecule has 0 aliphatic rings. The van der Waals surface area contributed by atoms with Crippen LogP contribution in [0.15, 0.2) is 49.0 Å². The lowest BCUT2D eigenvalue weighted by molar-refractivity contribution is -0.141. The number of nitrogens with zero attached hydrogens (tertiary/aromatic N) is 1. The first-order valence-corrected chi connectivity index (χ1v) is 7.77. The SMILES string of the molecule is C=Cc1cc(OC)cc(C(COC(C)=O)Nc2ccc(C#N)cc2)c1. The predicted molar refractivity (Wildman–Crippen MR) is 97.2 cm³/mol. The van der Waals surface area contributed by atoms with Gasteiger partial charge in [0.15, 0.2) is 0 Å². The van der Waals surface area contributed by atoms with Gasteiger partial charge in [0.2, 0.25) is 0 Å². The number of ether oxygens (including phenoxy) is 2. The number of esters is 1. The van der Waals surface area contributed by atoms with Crippen LogP contribution in [-0.4, -0.2) is 19.7 Å². The Morgan fingerprint density at radius 3 is 2.60 bits per heavy atom. The van der Waals surface area contributed by atoms with Crippen LogP contribution in [-0.2, 0) is 9.53 Å². The second kappa shape index (κ2) is 8.55. The van der Waals surface area contributed by atoms with E-state index in [-0.39, 0.29) is 18.6 Å². The Kier molecular flexibility index (Phi) is 6.19. The smallest absolute Gasteiger partial charge is 0.302 e. The second-order valence-electron chi connectivity index (χ2n) is 5.43. The first kappa shape index (κ1) is 18.1. The highest BCUT2D eigenvalue weighted by atomic mass is 16.5. The van der Waals surface area contributed by atoms with Crippen molar-refractivity contribution in [3.8, 4) is 11.8 Å². The number of benzene rings is 2. The van der Waals surface area contributed by atoms with Gasteiger partial charge in [0, 0.05) is 12.6 Å². The van der Waals surface area contributed by atoms with E-state index in [9.17, 15) is 4.79 Å². The monoisotopic (exact) mass is 336 g/mol. The molecule has 0 radical (unpaired) electrons. The number of hydrogen-bond donors (Lipinski definition) is 1. The summed E-state index contributed by atoms with van der Waals surface area (Å²) < 4.78 is 10.5. The number of nitriles is 1. The number of nitrogens with one attached hydrogen (secondary N) is 1. The third kappa shape index (κ3) is 5.11. The maximum Gasteiger partial charge on any atom is 0.302 e. The van der Waals surface area contributed by atoms with Gasteiger partial charge in [-0.2, -0.15) is 5.26 Å². The molecule has 25 heavy (non-hydrogen) atoms. The number of carbonyl (C=O) groups excluding carboxylic acids is 1. The molecule has 2 aromatic carbocycles. The van der Waals surface area contributed by atoms with E-state index in [0.29, 0.717) is 11.3 Å². The summed E-state index contributed by atoms with van der Waals surface area (Å²) in [6.45, 7) is 5.33. The van der Waals surface area contributed by atoms with E-state index in [4.69, 9.17) is 14.7 Å². The topological polar surface area (TPSA) is 71.3 Å². The molecule has 0 amide bonds. The zero-order valence-electron chi connectivity index (χ0n) is 14.3. The second-order valence-corrected chi connectivity index (χ2v) is 5.43. The minimum atomic E-state index is -0.349. The molecule has 0 spiro atoms. The van der Waals surface area contributed by atoms with Crippen molar-refractivity contribution in [2.75, 3.05) is 19.0 Å². The number of hydrogen-bond acceptors (Lipinski definition) is 5. The van der Waals surface area contributed by atoms with Gasteiger partial charge >= 0.3 is 5.97 Å². The highest BCUT2D eigenvalue weighted by Gasteiger charge is 2.15. The van der Waals surface area contributed by atoms with Crippen LogP contribution in [0.1, 0.15) is 29.7 Å². The quantitative estimate of drug-likeness (QED) is 0.776. The molecule has 0 saturated carbocycles. The Bertz CT molecular complexity index is 792. The van der Waals surface area contributed by atoms with Crippen molar-refractivity contribution in [3.05, 3.63) is 65.7 Å². The van der Waals surface area contributed by atoms with E-state index in [1.54, 1.807) is 25.3 Å². The van der Waals surface area contributed by atoms with Crippen molar-refractivity contribution in [2.45, 2.75) is 13.0 Å². The average molecular weight is 336 g/mol. The van der Waals surface area contributed by atoms with Crippen LogP contribution in [0.4, 0.5) is 5.69 Å². The predicted octanol–water partition coefficient (Wildman–Crippen LogP) is 3.93. The van der Waals surface area contributed by atoms with Crippen LogP contribution >= 0.6 is 0 Å². The zero-order chi connectivity index (χ0) is 18.2. The van der Waals surface area contributed by atoms with Crippen LogP contribution in [0, 0.1) is 11.3 Å². The number of anilines is 1. The molecule has 0 aliphatic carbocycles. The van der Waals surface area contributed by atoms with Gasteiger partial charge in [-0.15, -0.1) is 0 Å². The third-order valence-corrected chi connectivity index (χ3v) is 3.63. The molecule has 0 fully saturated rings. The maximum atomic E-state index is 11.2. The summed E-state index contributed by atoms with van der Waals surface area (Å²) in [4.78, 5) is 11.2. The molecule has 0 aromatic heterocycles. The van der Waals surface area contributed by atoms with E-state index in [2.05, 4.69) is 18.0 Å². The summed E-state index contributed by atoms with van der Waals surface area (Å²) in [6, 6.07) is 14.6. The van der Waals surface area contributed by atoms with E-state index < -0.39 is 0 Å². The maximum absolute atomic E-state index is 11.2. The molecule has 1 N–H and O–H groups in total. The van der Waals surface area contributed by atoms with Crippen molar-refractivity contribution in [2.24, 2.45) is 0 Å². The Morgan fingerprint density at radius 1 is 1.32 bits per heavy atom. The summed E-state index contributed by atoms with van der Waals surface area (Å²) in [5, 5.41) is 12.2. The average Bonchev–Trinajstić information content (AvgIpc) is 2.64. The number of rotatable bonds is 7. The molecule has 1 atom stereocenters. The third-order valence-electron chi connectivity index (χ3n) is 3.63. The van der Waals surface area contributed by atoms with Crippen molar-refractivity contribution >= 4 is 17.7 Å². The van der Waals surface area contributed by atoms with E-state index in [0.717, 1.165) is 16.8 Å². The van der Waals surface area contributed by atoms with Gasteiger partial charge in [-0.3, -0.25) is 4.79 Å². The van der Waals surface area contributed by atoms with Gasteiger partial charge in [0.1, 0.15) is 12.4 Å². The van der Waals surface area contributed by atoms with Crippen LogP contribution in [0.25, 0.3) is 6.08 Å². The van der Waals surface area contributed by atoms with E-state index >= 15 is 0 Å². The van der Waals surface area contributed by atoms with Crippen LogP contribution in [0.5, 0.6) is 5.75 Å². The van der Waals surface area contributed by atoms with E-state index in [1.165, 1.54) is 6.92 Å². The first-order chi connectivity index (χ1) is 12.0. The minimum Gasteiger partial charge on any atom is -0.497 e. The molecule has 2 rings (SSSR count). The fourth-order valence-electron chi connectivity index (χ4n) is 2.35. The molecule has 5 heteroatoms. The van der Waals surface area contributed by atoms with Gasteiger partial charge in [-0.25, -0.2) is 0 Å². The molecule has 0 saturated heterocycles. The lowest BCUT2D eigenvalue weighted by Gasteiger charge is -2.21. The van der Waals surface area contributed by atoms with Gasteiger partial charge in [0.05, 0.1) is 24.8 Å². The largest absolute Gasteiger partial charge is 0.497 e. The summed E-state index contributed by atoms with van der Waals surface area (Å²) in [5.41, 5.74) is 3.21. The lowest BCUT2D eigenvalue weighted by Crippen LogP contribution is -2.19. The summed E-state index contributed by atoms with van der Waals surface area (Å²) >= 11 is 0. The standard InChI is InChI=1S/C20H20N2O3/c1-4-15-9-17(11-19(10-15)24-3)20(13-25-14(2)23)22-18-7-5-16(12-21)6-8-18/h4-11,20,22H,1,13H2,2-3H3. The van der Waals surface area contributed by atoms with E-state index in [1.807, 2.05) is 30.3 Å². The van der Waals surface area contributed by atoms with Crippen molar-refractivity contribution in [1.29, 1.82) is 5.26 Å². The Morgan fingerprint density at radius 2 is 2.04 bits per heavy atom. The Hall–Kier alpha value is -3.26. The van der Waals surface area contributed by atoms with Crippen LogP contribution in [0.3, 0.4) is 0 Å². The number of methoxy groups -OCH3 is 1.